The van der Waals surface area contributed by atoms with Crippen LogP contribution in [0.25, 0.3) is 0 Å². The lowest BCUT2D eigenvalue weighted by molar-refractivity contribution is -0.185. The maximum atomic E-state index is 13.1. The Kier molecular flexibility index (Phi) is 7.49. The molecule has 3 aliphatic rings. The zero-order chi connectivity index (χ0) is 26.3. The normalized spacial score (nSPS) is 21.6. The van der Waals surface area contributed by atoms with E-state index in [9.17, 15) is 16.8 Å². The van der Waals surface area contributed by atoms with Crippen molar-refractivity contribution in [1.29, 1.82) is 0 Å². The van der Waals surface area contributed by atoms with Crippen molar-refractivity contribution >= 4 is 20.2 Å². The van der Waals surface area contributed by atoms with E-state index in [4.69, 9.17) is 8.37 Å². The van der Waals surface area contributed by atoms with Crippen molar-refractivity contribution in [3.8, 4) is 0 Å². The van der Waals surface area contributed by atoms with Crippen LogP contribution in [0.15, 0.2) is 58.3 Å². The average Bonchev–Trinajstić information content (AvgIpc) is 2.87. The van der Waals surface area contributed by atoms with E-state index in [1.54, 1.807) is 24.3 Å². The van der Waals surface area contributed by atoms with E-state index in [0.717, 1.165) is 50.1 Å². The molecule has 0 amide bonds. The van der Waals surface area contributed by atoms with Crippen molar-refractivity contribution in [2.75, 3.05) is 52.5 Å². The lowest BCUT2D eigenvalue weighted by Gasteiger charge is -2.59. The minimum atomic E-state index is -4.03. The summed E-state index contributed by atoms with van der Waals surface area (Å²) in [5.74, 6) is 0. The second-order valence-electron chi connectivity index (χ2n) is 10.6. The van der Waals surface area contributed by atoms with E-state index in [2.05, 4.69) is 14.7 Å². The molecule has 0 saturated carbocycles. The van der Waals surface area contributed by atoms with Gasteiger partial charge in [-0.1, -0.05) is 35.4 Å². The Hall–Kier alpha value is -1.86. The summed E-state index contributed by atoms with van der Waals surface area (Å²) in [6, 6.07) is 13.0. The van der Waals surface area contributed by atoms with Crippen LogP contribution >= 0.6 is 0 Å². The molecule has 3 saturated heterocycles. The topological polar surface area (TPSA) is 96.5 Å². The Morgan fingerprint density at radius 1 is 0.676 bits per heavy atom. The highest BCUT2D eigenvalue weighted by Crippen LogP contribution is 2.36. The molecule has 3 fully saturated rings. The zero-order valence-corrected chi connectivity index (χ0v) is 23.0. The Morgan fingerprint density at radius 3 is 1.46 bits per heavy atom. The maximum absolute atomic E-state index is 13.1. The number of aryl methyl sites for hydroxylation is 2. The number of benzene rings is 2. The lowest BCUT2D eigenvalue weighted by atomic mass is 9.85. The number of rotatable bonds is 8. The minimum Gasteiger partial charge on any atom is -0.275 e. The molecule has 0 aliphatic carbocycles. The van der Waals surface area contributed by atoms with E-state index in [-0.39, 0.29) is 29.3 Å². The Morgan fingerprint density at radius 2 is 1.05 bits per heavy atom. The lowest BCUT2D eigenvalue weighted by Crippen LogP contribution is -2.72. The summed E-state index contributed by atoms with van der Waals surface area (Å²) in [5.41, 5.74) is 1.04. The first-order valence-corrected chi connectivity index (χ1v) is 15.5. The van der Waals surface area contributed by atoms with Crippen molar-refractivity contribution in [3.05, 3.63) is 59.7 Å². The molecule has 0 atom stereocenters. The average molecular weight is 550 g/mol. The molecule has 0 unspecified atom stereocenters. The molecule has 11 heteroatoms. The van der Waals surface area contributed by atoms with Gasteiger partial charge in [0.25, 0.3) is 20.2 Å². The first-order chi connectivity index (χ1) is 17.6. The molecule has 37 heavy (non-hydrogen) atoms. The van der Waals surface area contributed by atoms with Crippen LogP contribution in [0.3, 0.4) is 0 Å². The molecule has 0 N–H and O–H groups in total. The van der Waals surface area contributed by atoms with Crippen LogP contribution in [0, 0.1) is 19.3 Å². The number of nitrogens with zero attached hydrogens (tertiary/aromatic N) is 3. The van der Waals surface area contributed by atoms with Gasteiger partial charge in [-0.05, 0) is 51.0 Å². The molecule has 3 heterocycles. The predicted octanol–water partition coefficient (Wildman–Crippen LogP) is 2.41. The number of hydrogen-bond acceptors (Lipinski definition) is 9. The fraction of sp³-hybridized carbons (Fsp3) is 0.538. The summed E-state index contributed by atoms with van der Waals surface area (Å²) < 4.78 is 63.5. The van der Waals surface area contributed by atoms with Crippen LogP contribution < -0.4 is 0 Å². The standard InChI is InChI=1S/C26H35N3O6S2/c1-21-5-9-23(10-6-21)36(30,31)34-19-26(20-35-37(32,33)24-11-7-22(2)8-12-24)17-28-15-3-13-27-14-4-16-29(18-26)25(27)28/h5-12,25H,3-4,13-20H2,1-2H3. The van der Waals surface area contributed by atoms with E-state index in [1.165, 1.54) is 24.3 Å². The summed E-state index contributed by atoms with van der Waals surface area (Å²) in [6.07, 6.45) is 2.16. The van der Waals surface area contributed by atoms with Crippen molar-refractivity contribution in [3.63, 3.8) is 0 Å². The van der Waals surface area contributed by atoms with Crippen molar-refractivity contribution in [1.82, 2.24) is 14.7 Å². The maximum Gasteiger partial charge on any atom is 0.296 e. The van der Waals surface area contributed by atoms with E-state index in [1.807, 2.05) is 13.8 Å². The molecule has 2 aromatic rings. The highest BCUT2D eigenvalue weighted by atomic mass is 32.2. The van der Waals surface area contributed by atoms with Crippen LogP contribution in [0.1, 0.15) is 24.0 Å². The monoisotopic (exact) mass is 549 g/mol. The van der Waals surface area contributed by atoms with Gasteiger partial charge in [-0.15, -0.1) is 0 Å². The van der Waals surface area contributed by atoms with Gasteiger partial charge in [-0.2, -0.15) is 16.8 Å². The van der Waals surface area contributed by atoms with Gasteiger partial charge in [0.15, 0.2) is 0 Å². The largest absolute Gasteiger partial charge is 0.296 e. The summed E-state index contributed by atoms with van der Waals surface area (Å²) in [4.78, 5) is 7.24. The van der Waals surface area contributed by atoms with Gasteiger partial charge >= 0.3 is 0 Å². The third-order valence-electron chi connectivity index (χ3n) is 7.50. The van der Waals surface area contributed by atoms with Gasteiger partial charge < -0.3 is 0 Å². The first-order valence-electron chi connectivity index (χ1n) is 12.7. The molecule has 5 rings (SSSR count). The highest BCUT2D eigenvalue weighted by Gasteiger charge is 2.49. The van der Waals surface area contributed by atoms with Crippen molar-refractivity contribution < 1.29 is 25.2 Å². The van der Waals surface area contributed by atoms with Gasteiger partial charge in [0, 0.05) is 44.7 Å². The van der Waals surface area contributed by atoms with Crippen LogP contribution in [-0.2, 0) is 28.6 Å². The molecule has 0 spiro atoms. The van der Waals surface area contributed by atoms with E-state index in [0.29, 0.717) is 13.1 Å². The molecular formula is C26H35N3O6S2. The number of hydrogen-bond donors (Lipinski definition) is 0. The first kappa shape index (κ1) is 26.7. The molecular weight excluding hydrogens is 514 g/mol. The SMILES string of the molecule is Cc1ccc(S(=O)(=O)OCC2(COS(=O)(=O)c3ccc(C)cc3)CN3CCCN4CCCN(C2)C43)cc1. The van der Waals surface area contributed by atoms with Crippen LogP contribution in [0.4, 0.5) is 0 Å². The Bertz CT molecular complexity index is 1210. The molecule has 202 valence electrons. The quantitative estimate of drug-likeness (QED) is 0.460. The Labute approximate surface area is 220 Å². The zero-order valence-electron chi connectivity index (χ0n) is 21.4. The van der Waals surface area contributed by atoms with E-state index < -0.39 is 25.7 Å². The minimum absolute atomic E-state index is 0.0808. The fourth-order valence-electron chi connectivity index (χ4n) is 5.63. The molecule has 0 bridgehead atoms. The second-order valence-corrected chi connectivity index (χ2v) is 13.8. The molecule has 9 nitrogen and oxygen atoms in total. The van der Waals surface area contributed by atoms with Crippen LogP contribution in [0.5, 0.6) is 0 Å². The predicted molar refractivity (Wildman–Crippen MR) is 139 cm³/mol. The smallest absolute Gasteiger partial charge is 0.275 e. The molecule has 0 radical (unpaired) electrons. The van der Waals surface area contributed by atoms with E-state index >= 15 is 0 Å². The van der Waals surface area contributed by atoms with Gasteiger partial charge in [-0.3, -0.25) is 23.1 Å². The van der Waals surface area contributed by atoms with Crippen molar-refractivity contribution in [2.24, 2.45) is 5.41 Å². The third-order valence-corrected chi connectivity index (χ3v) is 10.1. The van der Waals surface area contributed by atoms with Gasteiger partial charge in [0.1, 0.15) is 6.29 Å². The van der Waals surface area contributed by atoms with Gasteiger partial charge in [-0.25, -0.2) is 0 Å². The molecule has 3 aliphatic heterocycles. The second kappa shape index (κ2) is 10.4. The fourth-order valence-corrected chi connectivity index (χ4v) is 7.65. The summed E-state index contributed by atoms with van der Waals surface area (Å²) >= 11 is 0. The van der Waals surface area contributed by atoms with Crippen molar-refractivity contribution in [2.45, 2.75) is 42.8 Å². The highest BCUT2D eigenvalue weighted by molar-refractivity contribution is 7.87. The van der Waals surface area contributed by atoms with Crippen LogP contribution in [0.2, 0.25) is 0 Å². The third kappa shape index (κ3) is 5.78. The molecule has 0 aromatic heterocycles. The molecule has 2 aromatic carbocycles. The van der Waals surface area contributed by atoms with Crippen LogP contribution in [-0.4, -0.2) is 90.3 Å². The summed E-state index contributed by atoms with van der Waals surface area (Å²) in [7, 11) is -8.06. The Balaban J connectivity index is 1.41. The van der Waals surface area contributed by atoms with Gasteiger partial charge in [0.2, 0.25) is 0 Å². The summed E-state index contributed by atoms with van der Waals surface area (Å²) in [6.45, 7) is 8.16. The summed E-state index contributed by atoms with van der Waals surface area (Å²) in [5, 5.41) is 0. The van der Waals surface area contributed by atoms with Gasteiger partial charge in [0.05, 0.1) is 23.0 Å².